The molecule has 0 radical (unpaired) electrons. The van der Waals surface area contributed by atoms with E-state index in [1.54, 1.807) is 51.9 Å². The third-order valence-electron chi connectivity index (χ3n) is 8.08. The molecule has 2 unspecified atom stereocenters. The highest BCUT2D eigenvalue weighted by Crippen LogP contribution is 2.67. The fourth-order valence-electron chi connectivity index (χ4n) is 6.33. The molecule has 3 aliphatic rings. The fraction of sp³-hybridized carbons (Fsp3) is 0.552. The van der Waals surface area contributed by atoms with Crippen LogP contribution < -0.4 is 4.90 Å². The molecule has 4 rings (SSSR count). The summed E-state index contributed by atoms with van der Waals surface area (Å²) in [5.41, 5.74) is 0.650. The van der Waals surface area contributed by atoms with Crippen LogP contribution in [-0.4, -0.2) is 69.6 Å². The van der Waals surface area contributed by atoms with Crippen LogP contribution in [0.15, 0.2) is 49.6 Å². The van der Waals surface area contributed by atoms with Crippen molar-refractivity contribution in [2.24, 2.45) is 11.8 Å². The minimum Gasteiger partial charge on any atom is -0.465 e. The highest BCUT2D eigenvalue weighted by atomic mass is 35.5. The van der Waals surface area contributed by atoms with E-state index in [4.69, 9.17) is 16.3 Å². The Hall–Kier alpha value is -2.29. The zero-order chi connectivity index (χ0) is 27.4. The number of anilines is 1. The van der Waals surface area contributed by atoms with Crippen molar-refractivity contribution in [3.63, 3.8) is 0 Å². The van der Waals surface area contributed by atoms with Crippen LogP contribution in [0.1, 0.15) is 45.4 Å². The number of halogens is 1. The van der Waals surface area contributed by atoms with E-state index >= 15 is 0 Å². The number of benzene rings is 1. The van der Waals surface area contributed by atoms with Gasteiger partial charge in [-0.3, -0.25) is 14.4 Å². The van der Waals surface area contributed by atoms with E-state index in [0.717, 1.165) is 25.7 Å². The van der Waals surface area contributed by atoms with Crippen molar-refractivity contribution in [2.45, 2.75) is 67.5 Å². The third kappa shape index (κ3) is 5.03. The van der Waals surface area contributed by atoms with Gasteiger partial charge < -0.3 is 19.6 Å². The second-order valence-corrected chi connectivity index (χ2v) is 12.2. The largest absolute Gasteiger partial charge is 0.465 e. The van der Waals surface area contributed by atoms with Gasteiger partial charge in [0.25, 0.3) is 5.91 Å². The van der Waals surface area contributed by atoms with Crippen LogP contribution in [0.2, 0.25) is 5.02 Å². The maximum atomic E-state index is 14.4. The highest BCUT2D eigenvalue weighted by Gasteiger charge is 2.74. The van der Waals surface area contributed by atoms with Crippen LogP contribution in [-0.2, 0) is 19.1 Å². The molecule has 9 heteroatoms. The summed E-state index contributed by atoms with van der Waals surface area (Å²) in [6.07, 6.45) is 7.85. The minimum atomic E-state index is -0.812. The number of likely N-dealkylation sites (tertiary alicyclic amines) is 1. The molecule has 2 bridgehead atoms. The number of allylic oxidation sites excluding steroid dienone is 1. The Kier molecular flexibility index (Phi) is 9.27. The first-order valence-corrected chi connectivity index (χ1v) is 14.7. The van der Waals surface area contributed by atoms with Crippen molar-refractivity contribution >= 4 is 46.8 Å². The summed E-state index contributed by atoms with van der Waals surface area (Å²) in [6, 6.07) is 5.65. The molecule has 3 aliphatic heterocycles. The van der Waals surface area contributed by atoms with Crippen molar-refractivity contribution in [1.82, 2.24) is 4.90 Å². The topological polar surface area (TPSA) is 87.1 Å². The molecule has 7 nitrogen and oxygen atoms in total. The molecule has 6 atom stereocenters. The molecule has 2 amide bonds. The number of rotatable bonds is 13. The predicted octanol–water partition coefficient (Wildman–Crippen LogP) is 4.62. The van der Waals surface area contributed by atoms with Gasteiger partial charge in [0, 0.05) is 22.5 Å². The van der Waals surface area contributed by atoms with Gasteiger partial charge in [0.2, 0.25) is 5.91 Å². The first-order chi connectivity index (χ1) is 18.3. The number of ether oxygens (including phenoxy) is 1. The normalized spacial score (nSPS) is 28.2. The number of hydrogen-bond acceptors (Lipinski definition) is 6. The van der Waals surface area contributed by atoms with E-state index in [9.17, 15) is 19.5 Å². The van der Waals surface area contributed by atoms with Crippen molar-refractivity contribution < 1.29 is 24.2 Å². The van der Waals surface area contributed by atoms with E-state index < -0.39 is 28.7 Å². The van der Waals surface area contributed by atoms with Gasteiger partial charge in [0.1, 0.15) is 6.04 Å². The van der Waals surface area contributed by atoms with Gasteiger partial charge in [-0.25, -0.2) is 0 Å². The number of aliphatic hydroxyl groups is 1. The monoisotopic (exact) mass is 560 g/mol. The number of unbranched alkanes of at least 4 members (excludes halogenated alkanes) is 2. The Morgan fingerprint density at radius 3 is 2.66 bits per heavy atom. The summed E-state index contributed by atoms with van der Waals surface area (Å²) < 4.78 is 4.91. The average molecular weight is 561 g/mol. The number of thioether (sulfide) groups is 1. The smallest absolute Gasteiger partial charge is 0.310 e. The quantitative estimate of drug-likeness (QED) is 0.215. The van der Waals surface area contributed by atoms with Crippen LogP contribution in [0.4, 0.5) is 5.69 Å². The van der Waals surface area contributed by atoms with Crippen molar-refractivity contribution in [3.8, 4) is 0 Å². The number of aliphatic hydroxyl groups excluding tert-OH is 1. The Bertz CT molecular complexity index is 1060. The molecule has 3 saturated heterocycles. The molecule has 1 aromatic carbocycles. The molecule has 1 aromatic rings. The van der Waals surface area contributed by atoms with Gasteiger partial charge in [0.15, 0.2) is 0 Å². The second kappa shape index (κ2) is 12.3. The van der Waals surface area contributed by atoms with Crippen LogP contribution in [0.3, 0.4) is 0 Å². The van der Waals surface area contributed by atoms with Crippen LogP contribution in [0.5, 0.6) is 0 Å². The molecule has 0 aromatic heterocycles. The lowest BCUT2D eigenvalue weighted by Crippen LogP contribution is -2.57. The van der Waals surface area contributed by atoms with Crippen LogP contribution in [0, 0.1) is 11.8 Å². The Labute approximate surface area is 234 Å². The summed E-state index contributed by atoms with van der Waals surface area (Å²) in [7, 11) is 0. The molecule has 0 saturated carbocycles. The molecule has 206 valence electrons. The third-order valence-corrected chi connectivity index (χ3v) is 10.3. The zero-order valence-corrected chi connectivity index (χ0v) is 23.5. The van der Waals surface area contributed by atoms with Crippen LogP contribution in [0.25, 0.3) is 0 Å². The molecule has 3 heterocycles. The fourth-order valence-corrected chi connectivity index (χ4v) is 8.64. The standard InChI is InChI=1S/C29H37ClN2O5S/c1-4-7-8-9-17-37-28(36)23-22-14-15-29(38-22)24(23)26(34)32(20(6-3)18-33)25(29)27(35)31(16-5-2)21-12-10-19(30)11-13-21/h4-5,10-13,20,22-25,33H,1-2,6-9,14-18H2,3H3/t20-,22+,23-,24-,25?,29?/m0/s1. The SMILES string of the molecule is C=CCCCCOC(=O)[C@@H]1[C@H]2C(=O)N([C@@H](CC)CO)C(C(=O)N(CC=C)c3ccc(Cl)cc3)C23CC[C@H]1S3. The van der Waals surface area contributed by atoms with Crippen molar-refractivity contribution in [3.05, 3.63) is 54.6 Å². The summed E-state index contributed by atoms with van der Waals surface area (Å²) in [5.74, 6) is -2.08. The Morgan fingerprint density at radius 1 is 1.29 bits per heavy atom. The molecule has 1 spiro atoms. The van der Waals surface area contributed by atoms with Crippen molar-refractivity contribution in [2.75, 3.05) is 24.7 Å². The lowest BCUT2D eigenvalue weighted by Gasteiger charge is -2.39. The average Bonchev–Trinajstić information content (AvgIpc) is 3.56. The number of carbonyl (C=O) groups excluding carboxylic acids is 3. The number of nitrogens with zero attached hydrogens (tertiary/aromatic N) is 2. The number of esters is 1. The Morgan fingerprint density at radius 2 is 2.03 bits per heavy atom. The Balaban J connectivity index is 1.69. The second-order valence-electron chi connectivity index (χ2n) is 10.2. The summed E-state index contributed by atoms with van der Waals surface area (Å²) >= 11 is 7.69. The van der Waals surface area contributed by atoms with Gasteiger partial charge in [0.05, 0.1) is 35.8 Å². The van der Waals surface area contributed by atoms with E-state index in [2.05, 4.69) is 13.2 Å². The molecule has 38 heavy (non-hydrogen) atoms. The van der Waals surface area contributed by atoms with E-state index in [1.807, 2.05) is 13.0 Å². The first kappa shape index (κ1) is 28.7. The summed E-state index contributed by atoms with van der Waals surface area (Å²) in [6.45, 7) is 9.74. The van der Waals surface area contributed by atoms with Crippen LogP contribution >= 0.6 is 23.4 Å². The minimum absolute atomic E-state index is 0.0698. The van der Waals surface area contributed by atoms with Gasteiger partial charge in [-0.1, -0.05) is 30.7 Å². The molecule has 3 fully saturated rings. The number of fused-ring (bicyclic) bond motifs is 1. The lowest BCUT2D eigenvalue weighted by molar-refractivity contribution is -0.154. The molecular weight excluding hydrogens is 524 g/mol. The number of hydrogen-bond donors (Lipinski definition) is 1. The van der Waals surface area contributed by atoms with Gasteiger partial charge in [-0.2, -0.15) is 0 Å². The molecule has 0 aliphatic carbocycles. The zero-order valence-electron chi connectivity index (χ0n) is 21.9. The first-order valence-electron chi connectivity index (χ1n) is 13.4. The van der Waals surface area contributed by atoms with Gasteiger partial charge in [-0.15, -0.1) is 24.9 Å². The maximum absolute atomic E-state index is 14.4. The van der Waals surface area contributed by atoms with Crippen molar-refractivity contribution in [1.29, 1.82) is 0 Å². The van der Waals surface area contributed by atoms with E-state index in [-0.39, 0.29) is 36.2 Å². The predicted molar refractivity (Wildman–Crippen MR) is 151 cm³/mol. The molecular formula is C29H37ClN2O5S. The maximum Gasteiger partial charge on any atom is 0.310 e. The number of amides is 2. The van der Waals surface area contributed by atoms with E-state index in [0.29, 0.717) is 30.2 Å². The highest BCUT2D eigenvalue weighted by molar-refractivity contribution is 8.02. The summed E-state index contributed by atoms with van der Waals surface area (Å²) in [4.78, 5) is 45.1. The number of carbonyl (C=O) groups is 3. The van der Waals surface area contributed by atoms with E-state index in [1.165, 1.54) is 0 Å². The van der Waals surface area contributed by atoms with Gasteiger partial charge in [-0.05, 0) is 62.8 Å². The van der Waals surface area contributed by atoms with Gasteiger partial charge >= 0.3 is 5.97 Å². The molecule has 1 N–H and O–H groups in total. The summed E-state index contributed by atoms with van der Waals surface area (Å²) in [5, 5.41) is 10.7. The lowest BCUT2D eigenvalue weighted by atomic mass is 9.71.